The first-order valence-corrected chi connectivity index (χ1v) is 7.58. The minimum Gasteiger partial charge on any atom is -0.337 e. The van der Waals surface area contributed by atoms with Gasteiger partial charge in [0.2, 0.25) is 5.91 Å². The summed E-state index contributed by atoms with van der Waals surface area (Å²) in [6, 6.07) is 17.6. The number of nitrogens with zero attached hydrogens (tertiary/aromatic N) is 2. The van der Waals surface area contributed by atoms with Gasteiger partial charge in [-0.05, 0) is 30.2 Å². The number of carbonyl (C=O) groups is 1. The molecular formula is C19H17N3O. The zero-order chi connectivity index (χ0) is 16.2. The molecule has 0 spiro atoms. The summed E-state index contributed by atoms with van der Waals surface area (Å²) in [4.78, 5) is 12.3. The number of aromatic nitrogens is 1. The van der Waals surface area contributed by atoms with E-state index in [1.54, 1.807) is 6.20 Å². The molecule has 4 heteroatoms. The third-order valence-corrected chi connectivity index (χ3v) is 3.84. The van der Waals surface area contributed by atoms with Gasteiger partial charge in [-0.1, -0.05) is 37.3 Å². The molecule has 0 bridgehead atoms. The molecule has 0 atom stereocenters. The number of benzene rings is 2. The highest BCUT2D eigenvalue weighted by atomic mass is 16.1. The second-order valence-corrected chi connectivity index (χ2v) is 5.40. The summed E-state index contributed by atoms with van der Waals surface area (Å²) in [6.45, 7) is 2.26. The van der Waals surface area contributed by atoms with Crippen molar-refractivity contribution in [3.63, 3.8) is 0 Å². The maximum absolute atomic E-state index is 12.3. The van der Waals surface area contributed by atoms with Gasteiger partial charge >= 0.3 is 0 Å². The molecule has 0 saturated carbocycles. The lowest BCUT2D eigenvalue weighted by Gasteiger charge is -2.08. The van der Waals surface area contributed by atoms with Crippen LogP contribution in [0.5, 0.6) is 0 Å². The lowest BCUT2D eigenvalue weighted by Crippen LogP contribution is -2.18. The molecule has 2 aromatic carbocycles. The molecule has 1 aromatic heterocycles. The average molecular weight is 303 g/mol. The first-order valence-electron chi connectivity index (χ1n) is 7.58. The molecule has 3 rings (SSSR count). The number of aryl methyl sites for hydroxylation is 1. The number of amides is 1. The van der Waals surface area contributed by atoms with E-state index in [0.29, 0.717) is 5.56 Å². The third kappa shape index (κ3) is 3.09. The van der Waals surface area contributed by atoms with Crippen molar-refractivity contribution in [3.05, 3.63) is 65.9 Å². The van der Waals surface area contributed by atoms with E-state index in [-0.39, 0.29) is 12.5 Å². The minimum atomic E-state index is -0.108. The molecule has 1 N–H and O–H groups in total. The lowest BCUT2D eigenvalue weighted by atomic mass is 10.1. The Kier molecular flexibility index (Phi) is 4.11. The van der Waals surface area contributed by atoms with Gasteiger partial charge in [0.15, 0.2) is 0 Å². The standard InChI is InChI=1S/C19H17N3O/c1-2-14-6-5-7-16(10-14)21-19(23)13-22-12-15(11-20)17-8-3-4-9-18(17)22/h3-10,12H,2,13H2,1H3,(H,21,23). The molecule has 1 heterocycles. The van der Waals surface area contributed by atoms with Crippen LogP contribution >= 0.6 is 0 Å². The van der Waals surface area contributed by atoms with E-state index in [0.717, 1.165) is 23.0 Å². The van der Waals surface area contributed by atoms with E-state index in [9.17, 15) is 10.1 Å². The maximum atomic E-state index is 12.3. The van der Waals surface area contributed by atoms with Gasteiger partial charge in [-0.3, -0.25) is 4.79 Å². The van der Waals surface area contributed by atoms with Crippen LogP contribution in [-0.2, 0) is 17.8 Å². The van der Waals surface area contributed by atoms with Crippen molar-refractivity contribution in [2.75, 3.05) is 5.32 Å². The van der Waals surface area contributed by atoms with E-state index in [1.165, 1.54) is 5.56 Å². The van der Waals surface area contributed by atoms with E-state index >= 15 is 0 Å². The molecule has 0 unspecified atom stereocenters. The molecule has 0 radical (unpaired) electrons. The third-order valence-electron chi connectivity index (χ3n) is 3.84. The molecule has 23 heavy (non-hydrogen) atoms. The number of hydrogen-bond donors (Lipinski definition) is 1. The van der Waals surface area contributed by atoms with Crippen LogP contribution in [0.3, 0.4) is 0 Å². The normalized spacial score (nSPS) is 10.4. The van der Waals surface area contributed by atoms with Crippen molar-refractivity contribution in [3.8, 4) is 6.07 Å². The van der Waals surface area contributed by atoms with Crippen molar-refractivity contribution >= 4 is 22.5 Å². The summed E-state index contributed by atoms with van der Waals surface area (Å²) in [6.07, 6.45) is 2.66. The van der Waals surface area contributed by atoms with Gasteiger partial charge in [0.25, 0.3) is 0 Å². The highest BCUT2D eigenvalue weighted by Crippen LogP contribution is 2.20. The van der Waals surface area contributed by atoms with Gasteiger partial charge in [0.05, 0.1) is 5.56 Å². The molecule has 114 valence electrons. The van der Waals surface area contributed by atoms with Crippen LogP contribution in [-0.4, -0.2) is 10.5 Å². The molecule has 0 aliphatic carbocycles. The van der Waals surface area contributed by atoms with Gasteiger partial charge < -0.3 is 9.88 Å². The van der Waals surface area contributed by atoms with Crippen molar-refractivity contribution in [2.45, 2.75) is 19.9 Å². The van der Waals surface area contributed by atoms with Crippen LogP contribution < -0.4 is 5.32 Å². The maximum Gasteiger partial charge on any atom is 0.244 e. The highest BCUT2D eigenvalue weighted by Gasteiger charge is 2.10. The van der Waals surface area contributed by atoms with Crippen molar-refractivity contribution in [1.82, 2.24) is 4.57 Å². The molecule has 1 amide bonds. The fraction of sp³-hybridized carbons (Fsp3) is 0.158. The van der Waals surface area contributed by atoms with Crippen molar-refractivity contribution in [2.24, 2.45) is 0 Å². The number of para-hydroxylation sites is 1. The Bertz CT molecular complexity index is 902. The number of nitrogens with one attached hydrogen (secondary N) is 1. The molecule has 0 saturated heterocycles. The first kappa shape index (κ1) is 14.9. The summed E-state index contributed by atoms with van der Waals surface area (Å²) >= 11 is 0. The Morgan fingerprint density at radius 2 is 2.04 bits per heavy atom. The number of nitriles is 1. The summed E-state index contributed by atoms with van der Waals surface area (Å²) in [5, 5.41) is 13.0. The summed E-state index contributed by atoms with van der Waals surface area (Å²) in [5.74, 6) is -0.108. The Hall–Kier alpha value is -3.06. The average Bonchev–Trinajstić information content (AvgIpc) is 2.93. The molecule has 0 fully saturated rings. The second-order valence-electron chi connectivity index (χ2n) is 5.40. The van der Waals surface area contributed by atoms with Crippen LogP contribution in [0.25, 0.3) is 10.9 Å². The smallest absolute Gasteiger partial charge is 0.244 e. The number of rotatable bonds is 4. The zero-order valence-electron chi connectivity index (χ0n) is 12.9. The summed E-state index contributed by atoms with van der Waals surface area (Å²) < 4.78 is 1.81. The molecule has 3 aromatic rings. The molecule has 0 aliphatic heterocycles. The highest BCUT2D eigenvalue weighted by molar-refractivity contribution is 5.93. The number of carbonyl (C=O) groups excluding carboxylic acids is 1. The number of fused-ring (bicyclic) bond motifs is 1. The monoisotopic (exact) mass is 303 g/mol. The fourth-order valence-electron chi connectivity index (χ4n) is 2.69. The number of anilines is 1. The van der Waals surface area contributed by atoms with Gasteiger partial charge in [-0.25, -0.2) is 0 Å². The van der Waals surface area contributed by atoms with Crippen LogP contribution in [0, 0.1) is 11.3 Å². The van der Waals surface area contributed by atoms with Crippen LogP contribution in [0.4, 0.5) is 5.69 Å². The molecular weight excluding hydrogens is 286 g/mol. The second kappa shape index (κ2) is 6.37. The minimum absolute atomic E-state index is 0.108. The van der Waals surface area contributed by atoms with Gasteiger partial charge in [0.1, 0.15) is 12.6 Å². The Morgan fingerprint density at radius 3 is 2.83 bits per heavy atom. The van der Waals surface area contributed by atoms with E-state index in [2.05, 4.69) is 18.3 Å². The first-order chi connectivity index (χ1) is 11.2. The Balaban J connectivity index is 1.82. The van der Waals surface area contributed by atoms with Crippen LogP contribution in [0.2, 0.25) is 0 Å². The van der Waals surface area contributed by atoms with E-state index < -0.39 is 0 Å². The SMILES string of the molecule is CCc1cccc(NC(=O)Cn2cc(C#N)c3ccccc32)c1. The summed E-state index contributed by atoms with van der Waals surface area (Å²) in [7, 11) is 0. The Labute approximate surface area is 135 Å². The molecule has 4 nitrogen and oxygen atoms in total. The molecule has 0 aliphatic rings. The summed E-state index contributed by atoms with van der Waals surface area (Å²) in [5.41, 5.74) is 3.45. The number of hydrogen-bond acceptors (Lipinski definition) is 2. The predicted octanol–water partition coefficient (Wildman–Crippen LogP) is 3.71. The predicted molar refractivity (Wildman–Crippen MR) is 91.1 cm³/mol. The Morgan fingerprint density at radius 1 is 1.22 bits per heavy atom. The topological polar surface area (TPSA) is 57.8 Å². The van der Waals surface area contributed by atoms with Gasteiger partial charge in [-0.2, -0.15) is 5.26 Å². The van der Waals surface area contributed by atoms with E-state index in [4.69, 9.17) is 0 Å². The zero-order valence-corrected chi connectivity index (χ0v) is 12.9. The largest absolute Gasteiger partial charge is 0.337 e. The van der Waals surface area contributed by atoms with E-state index in [1.807, 2.05) is 53.1 Å². The van der Waals surface area contributed by atoms with Gasteiger partial charge in [-0.15, -0.1) is 0 Å². The van der Waals surface area contributed by atoms with Gasteiger partial charge in [0, 0.05) is 22.8 Å². The fourth-order valence-corrected chi connectivity index (χ4v) is 2.69. The lowest BCUT2D eigenvalue weighted by molar-refractivity contribution is -0.116. The van der Waals surface area contributed by atoms with Crippen molar-refractivity contribution in [1.29, 1.82) is 5.26 Å². The quantitative estimate of drug-likeness (QED) is 0.798. The van der Waals surface area contributed by atoms with Crippen LogP contribution in [0.1, 0.15) is 18.1 Å². The van der Waals surface area contributed by atoms with Crippen molar-refractivity contribution < 1.29 is 4.79 Å². The van der Waals surface area contributed by atoms with Crippen LogP contribution in [0.15, 0.2) is 54.7 Å².